The van der Waals surface area contributed by atoms with Gasteiger partial charge in [-0.15, -0.1) is 0 Å². The zero-order chi connectivity index (χ0) is 17.5. The van der Waals surface area contributed by atoms with Gasteiger partial charge in [-0.1, -0.05) is 56.3 Å². The molecule has 4 heteroatoms. The van der Waals surface area contributed by atoms with Crippen molar-refractivity contribution in [3.05, 3.63) is 70.8 Å². The van der Waals surface area contributed by atoms with Gasteiger partial charge in [0.15, 0.2) is 0 Å². The molecule has 2 aromatic rings. The molecule has 0 atom stereocenters. The van der Waals surface area contributed by atoms with Crippen molar-refractivity contribution in [1.29, 1.82) is 0 Å². The van der Waals surface area contributed by atoms with E-state index < -0.39 is 5.97 Å². The minimum absolute atomic E-state index is 0.0804. The van der Waals surface area contributed by atoms with Gasteiger partial charge in [-0.25, -0.2) is 4.79 Å². The zero-order valence-electron chi connectivity index (χ0n) is 14.1. The van der Waals surface area contributed by atoms with Crippen molar-refractivity contribution in [2.45, 2.75) is 39.2 Å². The number of carbonyl (C=O) groups excluding carboxylic acids is 1. The molecule has 0 radical (unpaired) electrons. The van der Waals surface area contributed by atoms with Crippen LogP contribution in [0, 0.1) is 0 Å². The number of aromatic carboxylic acids is 1. The van der Waals surface area contributed by atoms with E-state index in [2.05, 4.69) is 31.3 Å². The third-order valence-corrected chi connectivity index (χ3v) is 4.01. The number of carboxylic acid groups (broad SMARTS) is 1. The van der Waals surface area contributed by atoms with E-state index in [1.807, 2.05) is 12.1 Å². The van der Waals surface area contributed by atoms with E-state index in [1.54, 1.807) is 24.3 Å². The van der Waals surface area contributed by atoms with Gasteiger partial charge in [0.25, 0.3) is 0 Å². The third-order valence-electron chi connectivity index (χ3n) is 4.01. The molecule has 0 aromatic heterocycles. The Labute approximate surface area is 142 Å². The maximum absolute atomic E-state index is 12.0. The second-order valence-corrected chi connectivity index (χ2v) is 6.14. The van der Waals surface area contributed by atoms with Crippen LogP contribution < -0.4 is 5.32 Å². The van der Waals surface area contributed by atoms with E-state index in [0.29, 0.717) is 24.4 Å². The Morgan fingerprint density at radius 2 is 1.71 bits per heavy atom. The second-order valence-electron chi connectivity index (χ2n) is 6.14. The summed E-state index contributed by atoms with van der Waals surface area (Å²) in [4.78, 5) is 23.1. The average molecular weight is 325 g/mol. The SMILES string of the molecule is CC(C)c1ccc(CNC(=O)CCc2ccccc2C(=O)O)cc1. The van der Waals surface area contributed by atoms with Crippen LogP contribution in [0.25, 0.3) is 0 Å². The van der Waals surface area contributed by atoms with Gasteiger partial charge in [0.1, 0.15) is 0 Å². The highest BCUT2D eigenvalue weighted by Crippen LogP contribution is 2.15. The van der Waals surface area contributed by atoms with Crippen LogP contribution in [-0.2, 0) is 17.8 Å². The van der Waals surface area contributed by atoms with Crippen LogP contribution in [0.15, 0.2) is 48.5 Å². The van der Waals surface area contributed by atoms with E-state index in [9.17, 15) is 9.59 Å². The lowest BCUT2D eigenvalue weighted by Gasteiger charge is -2.09. The highest BCUT2D eigenvalue weighted by molar-refractivity contribution is 5.89. The summed E-state index contributed by atoms with van der Waals surface area (Å²) in [5, 5.41) is 12.0. The van der Waals surface area contributed by atoms with Crippen molar-refractivity contribution >= 4 is 11.9 Å². The monoisotopic (exact) mass is 325 g/mol. The number of nitrogens with one attached hydrogen (secondary N) is 1. The quantitative estimate of drug-likeness (QED) is 0.814. The number of aryl methyl sites for hydroxylation is 1. The normalized spacial score (nSPS) is 10.6. The summed E-state index contributed by atoms with van der Waals surface area (Å²) in [5.41, 5.74) is 3.27. The molecule has 0 fully saturated rings. The number of rotatable bonds is 7. The molecule has 0 bridgehead atoms. The Morgan fingerprint density at radius 1 is 1.04 bits per heavy atom. The Bertz CT molecular complexity index is 705. The van der Waals surface area contributed by atoms with Crippen LogP contribution in [0.5, 0.6) is 0 Å². The number of hydrogen-bond donors (Lipinski definition) is 2. The van der Waals surface area contributed by atoms with Crippen molar-refractivity contribution in [2.75, 3.05) is 0 Å². The predicted molar refractivity (Wildman–Crippen MR) is 94.1 cm³/mol. The lowest BCUT2D eigenvalue weighted by atomic mass is 10.0. The molecule has 0 spiro atoms. The largest absolute Gasteiger partial charge is 0.478 e. The summed E-state index contributed by atoms with van der Waals surface area (Å²) in [5.74, 6) is -0.553. The fourth-order valence-electron chi connectivity index (χ4n) is 2.50. The number of benzene rings is 2. The lowest BCUT2D eigenvalue weighted by molar-refractivity contribution is -0.121. The smallest absolute Gasteiger partial charge is 0.335 e. The van der Waals surface area contributed by atoms with E-state index in [-0.39, 0.29) is 17.9 Å². The van der Waals surface area contributed by atoms with Gasteiger partial charge in [-0.3, -0.25) is 4.79 Å². The van der Waals surface area contributed by atoms with E-state index in [1.165, 1.54) is 5.56 Å². The second kappa shape index (κ2) is 8.29. The van der Waals surface area contributed by atoms with Crippen molar-refractivity contribution in [1.82, 2.24) is 5.32 Å². The summed E-state index contributed by atoms with van der Waals surface area (Å²) in [6.07, 6.45) is 0.689. The Hall–Kier alpha value is -2.62. The van der Waals surface area contributed by atoms with Gasteiger partial charge < -0.3 is 10.4 Å². The highest BCUT2D eigenvalue weighted by Gasteiger charge is 2.10. The number of carbonyl (C=O) groups is 2. The van der Waals surface area contributed by atoms with Gasteiger partial charge in [-0.2, -0.15) is 0 Å². The molecule has 24 heavy (non-hydrogen) atoms. The molecule has 0 aliphatic rings. The minimum Gasteiger partial charge on any atom is -0.478 e. The minimum atomic E-state index is -0.962. The summed E-state index contributed by atoms with van der Waals surface area (Å²) in [6, 6.07) is 15.0. The summed E-state index contributed by atoms with van der Waals surface area (Å²) >= 11 is 0. The molecule has 2 aromatic carbocycles. The summed E-state index contributed by atoms with van der Waals surface area (Å²) in [6.45, 7) is 4.77. The van der Waals surface area contributed by atoms with Gasteiger partial charge >= 0.3 is 5.97 Å². The van der Waals surface area contributed by atoms with Gasteiger partial charge in [0, 0.05) is 13.0 Å². The number of amides is 1. The summed E-state index contributed by atoms with van der Waals surface area (Å²) in [7, 11) is 0. The molecular formula is C20H23NO3. The molecule has 2 N–H and O–H groups in total. The average Bonchev–Trinajstić information content (AvgIpc) is 2.58. The maximum Gasteiger partial charge on any atom is 0.335 e. The van der Waals surface area contributed by atoms with Crippen LogP contribution in [0.4, 0.5) is 0 Å². The Kier molecular flexibility index (Phi) is 6.13. The van der Waals surface area contributed by atoms with Crippen molar-refractivity contribution in [3.8, 4) is 0 Å². The molecular weight excluding hydrogens is 302 g/mol. The highest BCUT2D eigenvalue weighted by atomic mass is 16.4. The molecule has 0 unspecified atom stereocenters. The van der Waals surface area contributed by atoms with Crippen LogP contribution in [-0.4, -0.2) is 17.0 Å². The van der Waals surface area contributed by atoms with E-state index >= 15 is 0 Å². The van der Waals surface area contributed by atoms with Gasteiger partial charge in [0.05, 0.1) is 5.56 Å². The van der Waals surface area contributed by atoms with Crippen molar-refractivity contribution in [2.24, 2.45) is 0 Å². The number of hydrogen-bond acceptors (Lipinski definition) is 2. The van der Waals surface area contributed by atoms with Crippen LogP contribution in [0.3, 0.4) is 0 Å². The van der Waals surface area contributed by atoms with E-state index in [4.69, 9.17) is 5.11 Å². The first kappa shape index (κ1) is 17.7. The third kappa shape index (κ3) is 4.95. The first-order chi connectivity index (χ1) is 11.5. The van der Waals surface area contributed by atoms with Crippen LogP contribution in [0.1, 0.15) is 53.2 Å². The topological polar surface area (TPSA) is 66.4 Å². The molecule has 2 rings (SSSR count). The molecule has 126 valence electrons. The van der Waals surface area contributed by atoms with Crippen molar-refractivity contribution in [3.63, 3.8) is 0 Å². The standard InChI is InChI=1S/C20H23NO3/c1-14(2)16-9-7-15(8-10-16)13-21-19(22)12-11-17-5-3-4-6-18(17)20(23)24/h3-10,14H,11-13H2,1-2H3,(H,21,22)(H,23,24). The Morgan fingerprint density at radius 3 is 2.33 bits per heavy atom. The first-order valence-electron chi connectivity index (χ1n) is 8.14. The van der Waals surface area contributed by atoms with Gasteiger partial charge in [0.2, 0.25) is 5.91 Å². The molecule has 1 amide bonds. The molecule has 0 saturated carbocycles. The van der Waals surface area contributed by atoms with Crippen molar-refractivity contribution < 1.29 is 14.7 Å². The lowest BCUT2D eigenvalue weighted by Crippen LogP contribution is -2.23. The predicted octanol–water partition coefficient (Wildman–Crippen LogP) is 3.76. The zero-order valence-corrected chi connectivity index (χ0v) is 14.1. The van der Waals surface area contributed by atoms with Crippen LogP contribution >= 0.6 is 0 Å². The fourth-order valence-corrected chi connectivity index (χ4v) is 2.50. The molecule has 4 nitrogen and oxygen atoms in total. The molecule has 0 aliphatic carbocycles. The van der Waals surface area contributed by atoms with E-state index in [0.717, 1.165) is 5.56 Å². The first-order valence-corrected chi connectivity index (χ1v) is 8.14. The maximum atomic E-state index is 12.0. The molecule has 0 aliphatic heterocycles. The number of carboxylic acids is 1. The fraction of sp³-hybridized carbons (Fsp3) is 0.300. The molecule has 0 saturated heterocycles. The molecule has 0 heterocycles. The van der Waals surface area contributed by atoms with Crippen LogP contribution in [0.2, 0.25) is 0 Å². The summed E-state index contributed by atoms with van der Waals surface area (Å²) < 4.78 is 0. The van der Waals surface area contributed by atoms with Gasteiger partial charge in [-0.05, 0) is 35.1 Å². The Balaban J connectivity index is 1.85.